The molecule has 0 saturated carbocycles. The minimum Gasteiger partial charge on any atom is -0.387 e. The number of nitrogens with one attached hydrogen (secondary N) is 4. The molecule has 4 atom stereocenters. The molecule has 2 aliphatic heterocycles. The van der Waals surface area contributed by atoms with E-state index in [1.807, 2.05) is 52.5 Å². The molecule has 352 valence electrons. The number of ether oxygens (including phenoxy) is 1. The van der Waals surface area contributed by atoms with Crippen LogP contribution in [0.5, 0.6) is 0 Å². The summed E-state index contributed by atoms with van der Waals surface area (Å²) in [6.07, 6.45) is -2.21. The lowest BCUT2D eigenvalue weighted by molar-refractivity contribution is -0.121. The van der Waals surface area contributed by atoms with E-state index < -0.39 is 44.5 Å². The topological polar surface area (TPSA) is 283 Å². The largest absolute Gasteiger partial charge is 0.469 e. The number of anilines is 3. The number of imidazole rings is 1. The van der Waals surface area contributed by atoms with E-state index in [0.29, 0.717) is 38.0 Å². The fourth-order valence-electron chi connectivity index (χ4n) is 7.90. The molecule has 1 fully saturated rings. The Morgan fingerprint density at radius 3 is 2.44 bits per heavy atom. The van der Waals surface area contributed by atoms with Gasteiger partial charge >= 0.3 is 7.82 Å². The zero-order valence-corrected chi connectivity index (χ0v) is 38.8. The first-order chi connectivity index (χ1) is 31.5. The number of hydrogen-bond acceptors (Lipinski definition) is 14. The number of hydrogen-bond donors (Lipinski definition) is 9. The van der Waals surface area contributed by atoms with Crippen LogP contribution >= 0.6 is 19.2 Å². The maximum atomic E-state index is 13.8. The molecule has 2 aromatic heterocycles. The van der Waals surface area contributed by atoms with E-state index in [9.17, 15) is 29.2 Å². The molecule has 66 heavy (non-hydrogen) atoms. The monoisotopic (exact) mass is 947 g/mol. The number of nitrogen functional groups attached to an aromatic ring is 1. The number of H-pyrrole nitrogens is 1. The van der Waals surface area contributed by atoms with Crippen molar-refractivity contribution in [1.82, 2.24) is 34.7 Å². The average molecular weight is 948 g/mol. The van der Waals surface area contributed by atoms with Crippen LogP contribution in [-0.4, -0.2) is 124 Å². The summed E-state index contributed by atoms with van der Waals surface area (Å²) in [4.78, 5) is 71.4. The smallest absolute Gasteiger partial charge is 0.387 e. The number of phosphoric ester groups is 1. The van der Waals surface area contributed by atoms with Gasteiger partial charge in [0.1, 0.15) is 32.4 Å². The molecule has 2 aromatic carbocycles. The summed E-state index contributed by atoms with van der Waals surface area (Å²) in [5, 5.41) is 32.7. The standard InChI is InChI=1S/C44H55N10O10PS/c1-52(2)25-15-17-29-32(22-25)66-33-23-26(53(3)4)16-18-30(33)35(29)27-12-7-8-13-28(27)40(58)47-21-11-14-34(55)46-19-9-5-6-10-20-48-44-49-36-39(50-43(45)51-41(36)59)54(44)42-38(57)37(56)31(64-42)24-63-65(60,61)62/h7-8,12-13,15-18,22-23,31,37-38,42,47,56-57H,5-6,9-11,14,19-21,24H2,1-4H3,(H6,45,46,51,55,58,59,60,61,62)/p+1/t31-,37-,38-,42-/m1/s1. The molecule has 7 rings (SSSR count). The number of benzene rings is 3. The second-order valence-electron chi connectivity index (χ2n) is 16.5. The zero-order chi connectivity index (χ0) is 47.3. The predicted octanol–water partition coefficient (Wildman–Crippen LogP) is 2.81. The molecule has 10 N–H and O–H groups in total. The van der Waals surface area contributed by atoms with Gasteiger partial charge in [0, 0.05) is 84.1 Å². The number of aromatic amines is 1. The number of aromatic nitrogens is 4. The van der Waals surface area contributed by atoms with Gasteiger partial charge in [-0.2, -0.15) is 4.98 Å². The van der Waals surface area contributed by atoms with Crippen LogP contribution in [0.3, 0.4) is 0 Å². The maximum Gasteiger partial charge on any atom is 0.469 e. The van der Waals surface area contributed by atoms with Crippen LogP contribution in [0, 0.1) is 0 Å². The number of nitrogens with zero attached hydrogens (tertiary/aromatic N) is 5. The van der Waals surface area contributed by atoms with Gasteiger partial charge in [0.25, 0.3) is 11.5 Å². The molecule has 2 amide bonds. The van der Waals surface area contributed by atoms with Crippen molar-refractivity contribution in [3.05, 3.63) is 81.9 Å². The van der Waals surface area contributed by atoms with Crippen molar-refractivity contribution >= 4 is 69.8 Å². The maximum absolute atomic E-state index is 13.8. The summed E-state index contributed by atoms with van der Waals surface area (Å²) in [7, 11) is 3.18. The number of carbonyl (C=O) groups is 2. The van der Waals surface area contributed by atoms with E-state index in [-0.39, 0.29) is 41.3 Å². The van der Waals surface area contributed by atoms with Crippen LogP contribution < -0.4 is 42.1 Å². The van der Waals surface area contributed by atoms with Gasteiger partial charge in [-0.3, -0.25) is 28.5 Å². The van der Waals surface area contributed by atoms with Crippen molar-refractivity contribution in [2.75, 3.05) is 70.4 Å². The Morgan fingerprint density at radius 2 is 1.70 bits per heavy atom. The molecular weight excluding hydrogens is 892 g/mol. The van der Waals surface area contributed by atoms with Crippen molar-refractivity contribution in [1.29, 1.82) is 0 Å². The highest BCUT2D eigenvalue weighted by molar-refractivity contribution is 7.46. The van der Waals surface area contributed by atoms with E-state index in [1.54, 1.807) is 11.3 Å². The Kier molecular flexibility index (Phi) is 15.2. The zero-order valence-electron chi connectivity index (χ0n) is 37.1. The second kappa shape index (κ2) is 20.8. The first kappa shape index (κ1) is 48.2. The summed E-state index contributed by atoms with van der Waals surface area (Å²) >= 11 is 1.73. The summed E-state index contributed by atoms with van der Waals surface area (Å²) in [5.41, 5.74) is 9.53. The van der Waals surface area contributed by atoms with Crippen molar-refractivity contribution in [3.63, 3.8) is 0 Å². The minimum atomic E-state index is -4.90. The van der Waals surface area contributed by atoms with Gasteiger partial charge in [-0.15, -0.1) is 11.3 Å². The van der Waals surface area contributed by atoms with Crippen molar-refractivity contribution < 1.29 is 43.4 Å². The molecule has 22 heteroatoms. The van der Waals surface area contributed by atoms with Gasteiger partial charge in [-0.1, -0.05) is 37.1 Å². The normalized spacial score (nSPS) is 17.4. The first-order valence-electron chi connectivity index (χ1n) is 21.6. The van der Waals surface area contributed by atoms with Crippen LogP contribution in [0.1, 0.15) is 55.1 Å². The molecule has 0 spiro atoms. The fraction of sp³-hybridized carbons (Fsp3) is 0.409. The third-order valence-electron chi connectivity index (χ3n) is 11.3. The van der Waals surface area contributed by atoms with Gasteiger partial charge in [0.05, 0.1) is 6.61 Å². The van der Waals surface area contributed by atoms with Crippen molar-refractivity contribution in [2.45, 2.75) is 63.1 Å². The third kappa shape index (κ3) is 11.1. The van der Waals surface area contributed by atoms with E-state index in [0.717, 1.165) is 62.0 Å². The SMILES string of the molecule is CN(C)c1ccc2c(-c3ccccc3C(=O)NCCCC(=O)NCCCCCCNc3nc4c(=O)[nH]c(N)nc4n3[C@@H]3O[C@H](COP(=O)(O)O)[C@@H](O)[C@H]3O)c3ccc(=[N+](C)C)cc-3sc2c1. The van der Waals surface area contributed by atoms with Crippen LogP contribution in [0.15, 0.2) is 65.5 Å². The van der Waals surface area contributed by atoms with Crippen LogP contribution in [0.2, 0.25) is 0 Å². The number of amides is 2. The number of nitrogens with two attached hydrogens (primary N) is 1. The molecule has 4 heterocycles. The molecule has 1 aliphatic carbocycles. The summed E-state index contributed by atoms with van der Waals surface area (Å²) in [6.45, 7) is 0.468. The lowest BCUT2D eigenvalue weighted by Crippen LogP contribution is -2.33. The molecule has 20 nitrogen and oxygen atoms in total. The number of fused-ring (bicyclic) bond motifs is 3. The third-order valence-corrected chi connectivity index (χ3v) is 12.9. The van der Waals surface area contributed by atoms with Gasteiger partial charge in [0.15, 0.2) is 17.4 Å². The predicted molar refractivity (Wildman–Crippen MR) is 253 cm³/mol. The molecule has 0 radical (unpaired) electrons. The van der Waals surface area contributed by atoms with Gasteiger partial charge in [0.2, 0.25) is 23.2 Å². The van der Waals surface area contributed by atoms with E-state index in [2.05, 4.69) is 81.3 Å². The number of rotatable bonds is 19. The second-order valence-corrected chi connectivity index (χ2v) is 18.8. The van der Waals surface area contributed by atoms with E-state index in [4.69, 9.17) is 20.3 Å². The summed E-state index contributed by atoms with van der Waals surface area (Å²) in [5.74, 6) is -0.454. The van der Waals surface area contributed by atoms with Gasteiger partial charge in [-0.25, -0.2) is 14.1 Å². The number of phosphoric acid groups is 1. The number of carbonyl (C=O) groups excluding carboxylic acids is 2. The van der Waals surface area contributed by atoms with Gasteiger partial charge < -0.3 is 51.3 Å². The molecule has 4 aromatic rings. The first-order valence-corrected chi connectivity index (χ1v) is 23.9. The van der Waals surface area contributed by atoms with E-state index in [1.165, 1.54) is 4.57 Å². The average Bonchev–Trinajstić information content (AvgIpc) is 3.78. The van der Waals surface area contributed by atoms with Crippen molar-refractivity contribution in [3.8, 4) is 21.6 Å². The fourth-order valence-corrected chi connectivity index (χ4v) is 9.39. The lowest BCUT2D eigenvalue weighted by atomic mass is 9.91. The lowest BCUT2D eigenvalue weighted by Gasteiger charge is -2.20. The van der Waals surface area contributed by atoms with Crippen LogP contribution in [0.25, 0.3) is 42.8 Å². The number of aliphatic hydroxyl groups excluding tert-OH is 2. The Balaban J connectivity index is 0.879. The van der Waals surface area contributed by atoms with Crippen molar-refractivity contribution in [2.24, 2.45) is 0 Å². The summed E-state index contributed by atoms with van der Waals surface area (Å²) in [6, 6.07) is 20.5. The molecule has 0 bridgehead atoms. The van der Waals surface area contributed by atoms with E-state index >= 15 is 0 Å². The molecule has 1 saturated heterocycles. The molecular formula is C44H56N10O10PS+. The van der Waals surface area contributed by atoms with Gasteiger partial charge in [-0.05, 0) is 54.7 Å². The van der Waals surface area contributed by atoms with Crippen LogP contribution in [-0.2, 0) is 18.6 Å². The van der Waals surface area contributed by atoms with Crippen LogP contribution in [0.4, 0.5) is 17.6 Å². The highest BCUT2D eigenvalue weighted by atomic mass is 32.1. The Labute approximate surface area is 383 Å². The Bertz CT molecular complexity index is 2870. The molecule has 0 unspecified atom stereocenters. The Hall–Kier alpha value is -5.77. The quantitative estimate of drug-likeness (QED) is 0.0244. The Morgan fingerprint density at radius 1 is 0.955 bits per heavy atom. The highest BCUT2D eigenvalue weighted by Gasteiger charge is 2.46. The molecule has 3 aliphatic rings. The summed E-state index contributed by atoms with van der Waals surface area (Å²) < 4.78 is 25.9. The highest BCUT2D eigenvalue weighted by Crippen LogP contribution is 2.45. The minimum absolute atomic E-state index is 0.0426. The number of aliphatic hydroxyl groups is 2. The number of unbranched alkanes of at least 4 members (excludes halogenated alkanes) is 3.